The smallest absolute Gasteiger partial charge is 0.133 e. The van der Waals surface area contributed by atoms with Gasteiger partial charge in [-0.25, -0.2) is 8.78 Å². The first-order valence-corrected chi connectivity index (χ1v) is 7.38. The Bertz CT molecular complexity index is 505. The van der Waals surface area contributed by atoms with Gasteiger partial charge in [0.2, 0.25) is 0 Å². The van der Waals surface area contributed by atoms with E-state index >= 15 is 0 Å². The summed E-state index contributed by atoms with van der Waals surface area (Å²) in [6, 6.07) is 2.29. The largest absolute Gasteiger partial charge is 0.396 e. The molecule has 1 aliphatic heterocycles. The fourth-order valence-electron chi connectivity index (χ4n) is 3.02. The number of hydrogen-bond acceptors (Lipinski definition) is 3. The molecule has 1 saturated heterocycles. The molecular weight excluding hydrogens is 310 g/mol. The SMILES string of the molecule is Cc1ccc(F)c([C@@H](N2CCNCC2)C(C)(C)CO)c1F.Cl. The number of aliphatic hydroxyl groups is 1. The Labute approximate surface area is 137 Å². The molecule has 0 spiro atoms. The predicted molar refractivity (Wildman–Crippen MR) is 86.4 cm³/mol. The van der Waals surface area contributed by atoms with E-state index in [2.05, 4.69) is 10.2 Å². The number of nitrogens with zero attached hydrogens (tertiary/aromatic N) is 1. The lowest BCUT2D eigenvalue weighted by Gasteiger charge is -2.43. The van der Waals surface area contributed by atoms with E-state index in [0.717, 1.165) is 13.1 Å². The zero-order chi connectivity index (χ0) is 15.6. The number of halogens is 3. The fraction of sp³-hybridized carbons (Fsp3) is 0.625. The Balaban J connectivity index is 0.00000242. The summed E-state index contributed by atoms with van der Waals surface area (Å²) in [5.41, 5.74) is -0.122. The molecular formula is C16H25ClF2N2O. The third-order valence-corrected chi connectivity index (χ3v) is 4.26. The summed E-state index contributed by atoms with van der Waals surface area (Å²) in [7, 11) is 0. The minimum Gasteiger partial charge on any atom is -0.396 e. The van der Waals surface area contributed by atoms with Gasteiger partial charge in [-0.15, -0.1) is 12.4 Å². The van der Waals surface area contributed by atoms with E-state index in [4.69, 9.17) is 0 Å². The van der Waals surface area contributed by atoms with Crippen molar-refractivity contribution in [3.05, 3.63) is 34.9 Å². The number of hydrogen-bond donors (Lipinski definition) is 2. The molecule has 2 rings (SSSR count). The highest BCUT2D eigenvalue weighted by Gasteiger charge is 2.39. The van der Waals surface area contributed by atoms with Gasteiger partial charge in [0.1, 0.15) is 11.6 Å². The summed E-state index contributed by atoms with van der Waals surface area (Å²) >= 11 is 0. The predicted octanol–water partition coefficient (Wildman–Crippen LogP) is 2.66. The molecule has 0 radical (unpaired) electrons. The summed E-state index contributed by atoms with van der Waals surface area (Å²) in [6.07, 6.45) is 0. The van der Waals surface area contributed by atoms with Crippen LogP contribution in [0.5, 0.6) is 0 Å². The molecule has 1 atom stereocenters. The molecule has 22 heavy (non-hydrogen) atoms. The monoisotopic (exact) mass is 334 g/mol. The number of aryl methyl sites for hydroxylation is 1. The molecule has 1 aromatic carbocycles. The first-order valence-electron chi connectivity index (χ1n) is 7.38. The van der Waals surface area contributed by atoms with Gasteiger partial charge in [-0.1, -0.05) is 19.9 Å². The van der Waals surface area contributed by atoms with Gasteiger partial charge in [-0.2, -0.15) is 0 Å². The van der Waals surface area contributed by atoms with E-state index in [-0.39, 0.29) is 24.6 Å². The van der Waals surface area contributed by atoms with E-state index in [9.17, 15) is 13.9 Å². The minimum absolute atomic E-state index is 0. The topological polar surface area (TPSA) is 35.5 Å². The number of benzene rings is 1. The van der Waals surface area contributed by atoms with E-state index in [1.54, 1.807) is 6.92 Å². The molecule has 1 aromatic rings. The van der Waals surface area contributed by atoms with Crippen LogP contribution in [0.25, 0.3) is 0 Å². The van der Waals surface area contributed by atoms with Crippen LogP contribution in [0.4, 0.5) is 8.78 Å². The molecule has 2 N–H and O–H groups in total. The van der Waals surface area contributed by atoms with Crippen molar-refractivity contribution in [1.82, 2.24) is 10.2 Å². The normalized spacial score (nSPS) is 17.9. The van der Waals surface area contributed by atoms with Crippen LogP contribution in [-0.2, 0) is 0 Å². The maximum atomic E-state index is 14.6. The fourth-order valence-corrected chi connectivity index (χ4v) is 3.02. The van der Waals surface area contributed by atoms with Crippen LogP contribution in [0, 0.1) is 24.0 Å². The summed E-state index contributed by atoms with van der Waals surface area (Å²) in [5, 5.41) is 13.0. The lowest BCUT2D eigenvalue weighted by Crippen LogP contribution is -2.50. The second kappa shape index (κ2) is 7.68. The highest BCUT2D eigenvalue weighted by molar-refractivity contribution is 5.85. The Kier molecular flexibility index (Phi) is 6.74. The number of aliphatic hydroxyl groups excluding tert-OH is 1. The van der Waals surface area contributed by atoms with E-state index in [1.165, 1.54) is 12.1 Å². The quantitative estimate of drug-likeness (QED) is 0.888. The van der Waals surface area contributed by atoms with Crippen LogP contribution >= 0.6 is 12.4 Å². The minimum atomic E-state index is -0.632. The van der Waals surface area contributed by atoms with Crippen molar-refractivity contribution in [2.24, 2.45) is 5.41 Å². The lowest BCUT2D eigenvalue weighted by atomic mass is 9.79. The van der Waals surface area contributed by atoms with Crippen molar-refractivity contribution < 1.29 is 13.9 Å². The Morgan fingerprint density at radius 2 is 1.86 bits per heavy atom. The van der Waals surface area contributed by atoms with Crippen molar-refractivity contribution >= 4 is 12.4 Å². The van der Waals surface area contributed by atoms with E-state index in [0.29, 0.717) is 18.7 Å². The van der Waals surface area contributed by atoms with Crippen LogP contribution in [0.2, 0.25) is 0 Å². The summed E-state index contributed by atoms with van der Waals surface area (Å²) < 4.78 is 28.9. The van der Waals surface area contributed by atoms with Gasteiger partial charge >= 0.3 is 0 Å². The molecule has 0 saturated carbocycles. The van der Waals surface area contributed by atoms with Crippen LogP contribution in [-0.4, -0.2) is 42.8 Å². The zero-order valence-electron chi connectivity index (χ0n) is 13.3. The average molecular weight is 335 g/mol. The molecule has 1 heterocycles. The standard InChI is InChI=1S/C16H24F2N2O.ClH/c1-11-4-5-12(17)13(14(11)18)15(16(2,3)10-21)20-8-6-19-7-9-20;/h4-5,15,19,21H,6-10H2,1-3H3;1H/t15-;/m1./s1. The van der Waals surface area contributed by atoms with Crippen molar-refractivity contribution in [2.75, 3.05) is 32.8 Å². The maximum absolute atomic E-state index is 14.6. The molecule has 6 heteroatoms. The van der Waals surface area contributed by atoms with Gasteiger partial charge in [0.25, 0.3) is 0 Å². The molecule has 1 fully saturated rings. The molecule has 3 nitrogen and oxygen atoms in total. The lowest BCUT2D eigenvalue weighted by molar-refractivity contribution is 0.0265. The second-order valence-corrected chi connectivity index (χ2v) is 6.43. The Hall–Kier alpha value is -0.750. The summed E-state index contributed by atoms with van der Waals surface area (Å²) in [5.74, 6) is -1.04. The van der Waals surface area contributed by atoms with Gasteiger partial charge in [-0.3, -0.25) is 4.90 Å². The van der Waals surface area contributed by atoms with Gasteiger partial charge in [-0.05, 0) is 18.6 Å². The van der Waals surface area contributed by atoms with E-state index < -0.39 is 23.1 Å². The molecule has 0 aromatic heterocycles. The number of piperazine rings is 1. The van der Waals surface area contributed by atoms with Crippen LogP contribution in [0.1, 0.15) is 31.0 Å². The summed E-state index contributed by atoms with van der Waals surface area (Å²) in [6.45, 7) is 8.19. The van der Waals surface area contributed by atoms with Crippen LogP contribution in [0.15, 0.2) is 12.1 Å². The maximum Gasteiger partial charge on any atom is 0.133 e. The molecule has 0 amide bonds. The number of rotatable bonds is 4. The highest BCUT2D eigenvalue weighted by atomic mass is 35.5. The molecule has 1 aliphatic rings. The molecule has 126 valence electrons. The van der Waals surface area contributed by atoms with Crippen LogP contribution < -0.4 is 5.32 Å². The van der Waals surface area contributed by atoms with Crippen molar-refractivity contribution in [1.29, 1.82) is 0 Å². The van der Waals surface area contributed by atoms with Crippen LogP contribution in [0.3, 0.4) is 0 Å². The van der Waals surface area contributed by atoms with Crippen molar-refractivity contribution in [3.63, 3.8) is 0 Å². The van der Waals surface area contributed by atoms with Gasteiger partial charge in [0.15, 0.2) is 0 Å². The molecule has 0 bridgehead atoms. The Morgan fingerprint density at radius 3 is 2.41 bits per heavy atom. The van der Waals surface area contributed by atoms with E-state index in [1.807, 2.05) is 13.8 Å². The Morgan fingerprint density at radius 1 is 1.27 bits per heavy atom. The average Bonchev–Trinajstić information content (AvgIpc) is 2.48. The second-order valence-electron chi connectivity index (χ2n) is 6.43. The third kappa shape index (κ3) is 3.77. The van der Waals surface area contributed by atoms with Crippen molar-refractivity contribution in [2.45, 2.75) is 26.8 Å². The van der Waals surface area contributed by atoms with Gasteiger partial charge < -0.3 is 10.4 Å². The molecule has 0 unspecified atom stereocenters. The zero-order valence-corrected chi connectivity index (χ0v) is 14.1. The van der Waals surface area contributed by atoms with Crippen molar-refractivity contribution in [3.8, 4) is 0 Å². The highest BCUT2D eigenvalue weighted by Crippen LogP contribution is 2.41. The summed E-state index contributed by atoms with van der Waals surface area (Å²) in [4.78, 5) is 2.06. The number of nitrogens with one attached hydrogen (secondary N) is 1. The third-order valence-electron chi connectivity index (χ3n) is 4.26. The molecule has 0 aliphatic carbocycles. The first-order chi connectivity index (χ1) is 9.88. The first kappa shape index (κ1) is 19.3. The van der Waals surface area contributed by atoms with Gasteiger partial charge in [0, 0.05) is 49.8 Å². The van der Waals surface area contributed by atoms with Gasteiger partial charge in [0.05, 0.1) is 0 Å².